The number of likely N-dealkylation sites (N-methyl/N-ethyl adjacent to an activating group) is 1. The van der Waals surface area contributed by atoms with Gasteiger partial charge in [-0.25, -0.2) is 13.8 Å². The van der Waals surface area contributed by atoms with Gasteiger partial charge >= 0.3 is 6.01 Å². The van der Waals surface area contributed by atoms with Crippen LogP contribution < -0.4 is 25.8 Å². The summed E-state index contributed by atoms with van der Waals surface area (Å²) in [5.41, 5.74) is 13.1. The highest BCUT2D eigenvalue weighted by atomic mass is 35.5. The number of likely N-dealkylation sites (tertiary alicyclic amines) is 1. The van der Waals surface area contributed by atoms with Gasteiger partial charge in [0.15, 0.2) is 11.6 Å². The largest absolute Gasteiger partial charge is 0.489 e. The Balaban J connectivity index is 1.36. The molecule has 10 nitrogen and oxygen atoms in total. The number of hydrogen-bond acceptors (Lipinski definition) is 11. The first kappa shape index (κ1) is 30.8. The molecule has 0 bridgehead atoms. The summed E-state index contributed by atoms with van der Waals surface area (Å²) in [6, 6.07) is 8.01. The highest BCUT2D eigenvalue weighted by Crippen LogP contribution is 2.52. The predicted octanol–water partition coefficient (Wildman–Crippen LogP) is 6.70. The third-order valence-corrected chi connectivity index (χ3v) is 11.9. The zero-order valence-electron chi connectivity index (χ0n) is 26.2. The summed E-state index contributed by atoms with van der Waals surface area (Å²) in [5, 5.41) is 10.5. The van der Waals surface area contributed by atoms with E-state index in [9.17, 15) is 5.26 Å². The van der Waals surface area contributed by atoms with Crippen molar-refractivity contribution < 1.29 is 18.3 Å². The molecule has 3 aliphatic rings. The summed E-state index contributed by atoms with van der Waals surface area (Å²) in [7, 11) is 2.10. The highest BCUT2D eigenvalue weighted by molar-refractivity contribution is 7.23. The van der Waals surface area contributed by atoms with E-state index >= 15 is 8.78 Å². The summed E-state index contributed by atoms with van der Waals surface area (Å²) < 4.78 is 45.0. The second-order valence-electron chi connectivity index (χ2n) is 12.7. The van der Waals surface area contributed by atoms with E-state index in [4.69, 9.17) is 37.5 Å². The average molecular weight is 689 g/mol. The minimum atomic E-state index is -0.787. The minimum Gasteiger partial charge on any atom is -0.489 e. The number of nitrogens with zero attached hydrogens (tertiary/aromatic N) is 6. The van der Waals surface area contributed by atoms with E-state index in [0.29, 0.717) is 30.7 Å². The molecule has 14 heteroatoms. The van der Waals surface area contributed by atoms with Crippen LogP contribution in [0, 0.1) is 28.9 Å². The molecule has 5 heterocycles. The maximum Gasteiger partial charge on any atom is 0.319 e. The third kappa shape index (κ3) is 4.39. The number of nitrogens with two attached hydrogens (primary N) is 2. The van der Waals surface area contributed by atoms with Crippen LogP contribution >= 0.6 is 22.9 Å². The molecule has 3 aromatic heterocycles. The summed E-state index contributed by atoms with van der Waals surface area (Å²) in [5.74, 6) is 0.0553. The Kier molecular flexibility index (Phi) is 7.24. The van der Waals surface area contributed by atoms with Crippen molar-refractivity contribution in [2.45, 2.75) is 37.8 Å². The predicted molar refractivity (Wildman–Crippen MR) is 183 cm³/mol. The first-order valence-electron chi connectivity index (χ1n) is 15.7. The van der Waals surface area contributed by atoms with Crippen molar-refractivity contribution in [2.24, 2.45) is 5.92 Å². The molecule has 4 N–H and O–H groups in total. The van der Waals surface area contributed by atoms with Gasteiger partial charge in [0.25, 0.3) is 0 Å². The van der Waals surface area contributed by atoms with Gasteiger partial charge in [-0.05, 0) is 63.4 Å². The number of halogens is 3. The Labute approximate surface area is 283 Å². The van der Waals surface area contributed by atoms with Gasteiger partial charge in [-0.1, -0.05) is 23.7 Å². The Morgan fingerprint density at radius 1 is 1.21 bits per heavy atom. The fraction of sp³-hybridized carbons (Fsp3) is 0.353. The standard InChI is InChI=1S/C34H31ClF2N8O2S/c1-16(18-4-3-10-41-30(18)39)45-12-13-46-28-24-27(42-33(43-32(24)45)47-15-34-9-7-17(34)8-11-44(34)2)26(37)23(25(28)35)19-5-6-21(36)29-22(19)20(14-38)31(40)48-29/h3-6,10,16-17H,7-9,11-13,15,40H2,1-2H3,(H2,39,41)/t16-,17?,34+/m1/s1. The van der Waals surface area contributed by atoms with Crippen molar-refractivity contribution in [1.29, 1.82) is 5.26 Å². The fourth-order valence-electron chi connectivity index (χ4n) is 7.73. The van der Waals surface area contributed by atoms with Crippen molar-refractivity contribution in [3.63, 3.8) is 0 Å². The molecule has 2 aliphatic heterocycles. The van der Waals surface area contributed by atoms with Gasteiger partial charge in [-0.15, -0.1) is 11.3 Å². The Hall–Kier alpha value is -4.51. The van der Waals surface area contributed by atoms with E-state index in [2.05, 4.69) is 21.9 Å². The molecule has 2 fully saturated rings. The number of aromatic nitrogens is 3. The van der Waals surface area contributed by atoms with E-state index in [0.717, 1.165) is 42.7 Å². The molecule has 0 amide bonds. The number of fused-ring (bicyclic) bond motifs is 2. The Morgan fingerprint density at radius 3 is 2.77 bits per heavy atom. The lowest BCUT2D eigenvalue weighted by Crippen LogP contribution is -2.56. The van der Waals surface area contributed by atoms with Crippen LogP contribution in [0.3, 0.4) is 0 Å². The number of pyridine rings is 1. The maximum absolute atomic E-state index is 17.2. The van der Waals surface area contributed by atoms with Crippen molar-refractivity contribution in [2.75, 3.05) is 49.7 Å². The van der Waals surface area contributed by atoms with E-state index in [1.807, 2.05) is 24.0 Å². The van der Waals surface area contributed by atoms with E-state index in [-0.39, 0.29) is 77.7 Å². The van der Waals surface area contributed by atoms with Crippen molar-refractivity contribution in [3.05, 3.63) is 58.2 Å². The Morgan fingerprint density at radius 2 is 2.04 bits per heavy atom. The van der Waals surface area contributed by atoms with Gasteiger partial charge in [-0.2, -0.15) is 15.2 Å². The summed E-state index contributed by atoms with van der Waals surface area (Å²) in [6.45, 7) is 3.81. The van der Waals surface area contributed by atoms with E-state index in [1.165, 1.54) is 12.1 Å². The second-order valence-corrected chi connectivity index (χ2v) is 14.1. The van der Waals surface area contributed by atoms with Gasteiger partial charge < -0.3 is 25.8 Å². The topological polar surface area (TPSA) is 139 Å². The summed E-state index contributed by atoms with van der Waals surface area (Å²) in [6.07, 6.45) is 4.85. The van der Waals surface area contributed by atoms with E-state index in [1.54, 1.807) is 12.3 Å². The third-order valence-electron chi connectivity index (χ3n) is 10.5. The molecule has 0 spiro atoms. The normalized spacial score (nSPS) is 21.0. The molecule has 246 valence electrons. The number of ether oxygens (including phenoxy) is 2. The molecule has 3 atom stereocenters. The SMILES string of the molecule is C[C@H](c1cccnc1N)N1CCOc2c(Cl)c(-c3ccc(F)c4sc(N)c(C#N)c34)c(F)c3nc(OC[C@@]45CCC4CCN5C)nc1c23. The van der Waals surface area contributed by atoms with Gasteiger partial charge in [-0.3, -0.25) is 4.90 Å². The van der Waals surface area contributed by atoms with Crippen LogP contribution in [-0.4, -0.2) is 58.7 Å². The first-order valence-corrected chi connectivity index (χ1v) is 16.9. The van der Waals surface area contributed by atoms with Gasteiger partial charge in [0.2, 0.25) is 0 Å². The van der Waals surface area contributed by atoms with Crippen LogP contribution in [0.25, 0.3) is 32.1 Å². The monoisotopic (exact) mass is 688 g/mol. The van der Waals surface area contributed by atoms with E-state index < -0.39 is 11.6 Å². The lowest BCUT2D eigenvalue weighted by molar-refractivity contribution is -0.00964. The molecule has 8 rings (SSSR count). The molecular formula is C34H31ClF2N8O2S. The van der Waals surface area contributed by atoms with Crippen LogP contribution in [-0.2, 0) is 0 Å². The van der Waals surface area contributed by atoms with Gasteiger partial charge in [0.1, 0.15) is 47.3 Å². The molecule has 1 saturated carbocycles. The highest BCUT2D eigenvalue weighted by Gasteiger charge is 2.54. The zero-order chi connectivity index (χ0) is 33.5. The quantitative estimate of drug-likeness (QED) is 0.198. The molecule has 0 radical (unpaired) electrons. The van der Waals surface area contributed by atoms with Crippen molar-refractivity contribution in [1.82, 2.24) is 19.9 Å². The van der Waals surface area contributed by atoms with Crippen LogP contribution in [0.1, 0.15) is 43.4 Å². The lowest BCUT2D eigenvalue weighted by Gasteiger charge is -2.48. The van der Waals surface area contributed by atoms with Crippen LogP contribution in [0.15, 0.2) is 30.5 Å². The second kappa shape index (κ2) is 11.3. The number of nitrogen functional groups attached to an aromatic ring is 2. The number of benzene rings is 2. The number of hydrogen-bond donors (Lipinski definition) is 2. The van der Waals surface area contributed by atoms with Crippen LogP contribution in [0.5, 0.6) is 11.8 Å². The molecule has 48 heavy (non-hydrogen) atoms. The summed E-state index contributed by atoms with van der Waals surface area (Å²) in [4.78, 5) is 18.1. The molecule has 5 aromatic rings. The van der Waals surface area contributed by atoms with Crippen LogP contribution in [0.4, 0.5) is 25.4 Å². The summed E-state index contributed by atoms with van der Waals surface area (Å²) >= 11 is 7.97. The average Bonchev–Trinajstić information content (AvgIpc) is 3.42. The molecular weight excluding hydrogens is 658 g/mol. The van der Waals surface area contributed by atoms with Gasteiger partial charge in [0, 0.05) is 22.7 Å². The molecule has 1 saturated heterocycles. The number of rotatable bonds is 6. The number of anilines is 3. The van der Waals surface area contributed by atoms with Crippen molar-refractivity contribution in [3.8, 4) is 29.0 Å². The Bertz CT molecular complexity index is 2180. The van der Waals surface area contributed by atoms with Crippen molar-refractivity contribution >= 4 is 60.6 Å². The smallest absolute Gasteiger partial charge is 0.319 e. The fourth-order valence-corrected chi connectivity index (χ4v) is 9.01. The van der Waals surface area contributed by atoms with Gasteiger partial charge in [0.05, 0.1) is 38.8 Å². The number of thiophene rings is 1. The first-order chi connectivity index (χ1) is 23.1. The van der Waals surface area contributed by atoms with Crippen LogP contribution in [0.2, 0.25) is 5.02 Å². The number of nitriles is 1. The minimum absolute atomic E-state index is 0.0101. The molecule has 2 aromatic carbocycles. The molecule has 1 aliphatic carbocycles. The lowest BCUT2D eigenvalue weighted by atomic mass is 9.68. The molecule has 1 unspecified atom stereocenters. The zero-order valence-corrected chi connectivity index (χ0v) is 27.8. The maximum atomic E-state index is 17.2.